The molecule has 0 saturated carbocycles. The van der Waals surface area contributed by atoms with Crippen molar-refractivity contribution in [1.82, 2.24) is 10.2 Å². The molecule has 1 aliphatic rings. The summed E-state index contributed by atoms with van der Waals surface area (Å²) in [6, 6.07) is 0. The van der Waals surface area contributed by atoms with E-state index in [2.05, 4.69) is 31.0 Å². The van der Waals surface area contributed by atoms with E-state index in [1.165, 1.54) is 32.5 Å². The van der Waals surface area contributed by atoms with Crippen LogP contribution in [0.3, 0.4) is 0 Å². The molecule has 0 aromatic heterocycles. The lowest BCUT2D eigenvalue weighted by atomic mass is 9.80. The van der Waals surface area contributed by atoms with Gasteiger partial charge in [0.25, 0.3) is 0 Å². The first kappa shape index (κ1) is 12.0. The van der Waals surface area contributed by atoms with Crippen molar-refractivity contribution < 1.29 is 0 Å². The summed E-state index contributed by atoms with van der Waals surface area (Å²) < 4.78 is 0. The fourth-order valence-electron chi connectivity index (χ4n) is 2.22. The minimum absolute atomic E-state index is 0.498. The van der Waals surface area contributed by atoms with E-state index in [1.807, 2.05) is 7.05 Å². The molecule has 1 unspecified atom stereocenters. The number of rotatable bonds is 4. The van der Waals surface area contributed by atoms with Crippen molar-refractivity contribution in [2.24, 2.45) is 11.3 Å². The predicted molar refractivity (Wildman–Crippen MR) is 62.5 cm³/mol. The van der Waals surface area contributed by atoms with Crippen LogP contribution in [0.4, 0.5) is 0 Å². The molecule has 0 aromatic rings. The standard InChI is InChI=1S/C12H26N2/c1-12(2,3)11-6-9-14(10-11)8-5-7-13-4/h11,13H,5-10H2,1-4H3. The molecule has 0 radical (unpaired) electrons. The molecule has 1 saturated heterocycles. The van der Waals surface area contributed by atoms with Crippen LogP contribution in [0.2, 0.25) is 0 Å². The molecule has 1 N–H and O–H groups in total. The van der Waals surface area contributed by atoms with Gasteiger partial charge in [-0.2, -0.15) is 0 Å². The number of nitrogens with one attached hydrogen (secondary N) is 1. The molecular weight excluding hydrogens is 172 g/mol. The summed E-state index contributed by atoms with van der Waals surface area (Å²) in [5, 5.41) is 3.21. The van der Waals surface area contributed by atoms with Gasteiger partial charge in [-0.05, 0) is 50.9 Å². The lowest BCUT2D eigenvalue weighted by Crippen LogP contribution is -2.28. The molecule has 0 aliphatic carbocycles. The zero-order valence-electron chi connectivity index (χ0n) is 10.3. The lowest BCUT2D eigenvalue weighted by molar-refractivity contribution is 0.228. The predicted octanol–water partition coefficient (Wildman–Crippen LogP) is 1.96. The molecule has 2 heteroatoms. The third kappa shape index (κ3) is 3.58. The smallest absolute Gasteiger partial charge is 0.00151 e. The summed E-state index contributed by atoms with van der Waals surface area (Å²) in [5.74, 6) is 0.900. The molecule has 84 valence electrons. The molecule has 0 amide bonds. The second-order valence-corrected chi connectivity index (χ2v) is 5.61. The van der Waals surface area contributed by atoms with Gasteiger partial charge in [0.15, 0.2) is 0 Å². The van der Waals surface area contributed by atoms with E-state index < -0.39 is 0 Å². The summed E-state index contributed by atoms with van der Waals surface area (Å²) >= 11 is 0. The Bertz CT molecular complexity index is 160. The van der Waals surface area contributed by atoms with Crippen LogP contribution < -0.4 is 5.32 Å². The van der Waals surface area contributed by atoms with Crippen LogP contribution in [0.5, 0.6) is 0 Å². The molecule has 2 nitrogen and oxygen atoms in total. The van der Waals surface area contributed by atoms with Crippen molar-refractivity contribution in [3.63, 3.8) is 0 Å². The van der Waals surface area contributed by atoms with Gasteiger partial charge in [-0.1, -0.05) is 20.8 Å². The van der Waals surface area contributed by atoms with Gasteiger partial charge in [-0.25, -0.2) is 0 Å². The van der Waals surface area contributed by atoms with Crippen LogP contribution in [0.1, 0.15) is 33.6 Å². The van der Waals surface area contributed by atoms with Crippen LogP contribution >= 0.6 is 0 Å². The Kier molecular flexibility index (Phi) is 4.39. The highest BCUT2D eigenvalue weighted by atomic mass is 15.1. The van der Waals surface area contributed by atoms with Crippen molar-refractivity contribution in [2.45, 2.75) is 33.6 Å². The van der Waals surface area contributed by atoms with Gasteiger partial charge in [-0.15, -0.1) is 0 Å². The summed E-state index contributed by atoms with van der Waals surface area (Å²) in [7, 11) is 2.03. The Morgan fingerprint density at radius 1 is 1.36 bits per heavy atom. The molecule has 1 rings (SSSR count). The minimum Gasteiger partial charge on any atom is -0.320 e. The van der Waals surface area contributed by atoms with Crippen molar-refractivity contribution in [1.29, 1.82) is 0 Å². The van der Waals surface area contributed by atoms with Crippen LogP contribution in [0, 0.1) is 11.3 Å². The van der Waals surface area contributed by atoms with Crippen molar-refractivity contribution >= 4 is 0 Å². The van der Waals surface area contributed by atoms with Crippen molar-refractivity contribution in [3.8, 4) is 0 Å². The van der Waals surface area contributed by atoms with Gasteiger partial charge in [0.2, 0.25) is 0 Å². The zero-order chi connectivity index (χ0) is 10.6. The maximum atomic E-state index is 3.21. The van der Waals surface area contributed by atoms with E-state index in [1.54, 1.807) is 0 Å². The summed E-state index contributed by atoms with van der Waals surface area (Å²) in [4.78, 5) is 2.62. The molecule has 1 fully saturated rings. The van der Waals surface area contributed by atoms with Gasteiger partial charge in [0, 0.05) is 6.54 Å². The SMILES string of the molecule is CNCCCN1CCC(C(C)(C)C)C1. The van der Waals surface area contributed by atoms with E-state index in [-0.39, 0.29) is 0 Å². The lowest BCUT2D eigenvalue weighted by Gasteiger charge is -2.27. The molecule has 1 atom stereocenters. The third-order valence-corrected chi connectivity index (χ3v) is 3.40. The molecule has 1 aliphatic heterocycles. The molecule has 0 spiro atoms. The Morgan fingerprint density at radius 2 is 2.07 bits per heavy atom. The van der Waals surface area contributed by atoms with Crippen molar-refractivity contribution in [2.75, 3.05) is 33.2 Å². The molecule has 0 bridgehead atoms. The zero-order valence-corrected chi connectivity index (χ0v) is 10.3. The van der Waals surface area contributed by atoms with E-state index in [4.69, 9.17) is 0 Å². The summed E-state index contributed by atoms with van der Waals surface area (Å²) in [5.41, 5.74) is 0.498. The van der Waals surface area contributed by atoms with Gasteiger partial charge >= 0.3 is 0 Å². The fourth-order valence-corrected chi connectivity index (χ4v) is 2.22. The normalized spacial score (nSPS) is 24.4. The van der Waals surface area contributed by atoms with Crippen molar-refractivity contribution in [3.05, 3.63) is 0 Å². The van der Waals surface area contributed by atoms with E-state index in [0.717, 1.165) is 12.5 Å². The van der Waals surface area contributed by atoms with Gasteiger partial charge in [0.1, 0.15) is 0 Å². The van der Waals surface area contributed by atoms with E-state index in [9.17, 15) is 0 Å². The number of nitrogens with zero attached hydrogens (tertiary/aromatic N) is 1. The van der Waals surface area contributed by atoms with Gasteiger partial charge in [0.05, 0.1) is 0 Å². The average molecular weight is 198 g/mol. The second-order valence-electron chi connectivity index (χ2n) is 5.61. The van der Waals surface area contributed by atoms with Crippen LogP contribution in [0.15, 0.2) is 0 Å². The van der Waals surface area contributed by atoms with Gasteiger partial charge in [-0.3, -0.25) is 0 Å². The monoisotopic (exact) mass is 198 g/mol. The molecule has 1 heterocycles. The number of hydrogen-bond donors (Lipinski definition) is 1. The van der Waals surface area contributed by atoms with Gasteiger partial charge < -0.3 is 10.2 Å². The van der Waals surface area contributed by atoms with Crippen LogP contribution in [-0.4, -0.2) is 38.1 Å². The largest absolute Gasteiger partial charge is 0.320 e. The first-order chi connectivity index (χ1) is 6.54. The Hall–Kier alpha value is -0.0800. The fraction of sp³-hybridized carbons (Fsp3) is 1.00. The third-order valence-electron chi connectivity index (χ3n) is 3.40. The first-order valence-corrected chi connectivity index (χ1v) is 5.91. The van der Waals surface area contributed by atoms with E-state index >= 15 is 0 Å². The Labute approximate surface area is 89.1 Å². The highest BCUT2D eigenvalue weighted by Crippen LogP contribution is 2.33. The maximum Gasteiger partial charge on any atom is 0.00151 e. The quantitative estimate of drug-likeness (QED) is 0.695. The molecular formula is C12H26N2. The van der Waals surface area contributed by atoms with E-state index in [0.29, 0.717) is 5.41 Å². The second kappa shape index (κ2) is 5.13. The van der Waals surface area contributed by atoms with Crippen LogP contribution in [-0.2, 0) is 0 Å². The highest BCUT2D eigenvalue weighted by Gasteiger charge is 2.31. The summed E-state index contributed by atoms with van der Waals surface area (Å²) in [6.07, 6.45) is 2.68. The Balaban J connectivity index is 2.21. The maximum absolute atomic E-state index is 3.21. The summed E-state index contributed by atoms with van der Waals surface area (Å²) in [6.45, 7) is 12.2. The average Bonchev–Trinajstić information content (AvgIpc) is 2.52. The van der Waals surface area contributed by atoms with Crippen LogP contribution in [0.25, 0.3) is 0 Å². The highest BCUT2D eigenvalue weighted by molar-refractivity contribution is 4.83. The Morgan fingerprint density at radius 3 is 2.57 bits per heavy atom. The molecule has 14 heavy (non-hydrogen) atoms. The molecule has 0 aromatic carbocycles. The topological polar surface area (TPSA) is 15.3 Å². The number of hydrogen-bond acceptors (Lipinski definition) is 2. The first-order valence-electron chi connectivity index (χ1n) is 5.91. The minimum atomic E-state index is 0.498. The number of likely N-dealkylation sites (tertiary alicyclic amines) is 1.